The Morgan fingerprint density at radius 3 is 3.07 bits per heavy atom. The Labute approximate surface area is 163 Å². The van der Waals surface area contributed by atoms with Gasteiger partial charge in [-0.05, 0) is 56.0 Å². The van der Waals surface area contributed by atoms with Crippen molar-refractivity contribution in [2.24, 2.45) is 0 Å². The molecule has 1 N–H and O–H groups in total. The summed E-state index contributed by atoms with van der Waals surface area (Å²) in [5.74, 6) is 1.08. The van der Waals surface area contributed by atoms with Gasteiger partial charge in [0.15, 0.2) is 0 Å². The summed E-state index contributed by atoms with van der Waals surface area (Å²) in [6, 6.07) is 12.2. The van der Waals surface area contributed by atoms with Crippen LogP contribution in [0.4, 0.5) is 0 Å². The summed E-state index contributed by atoms with van der Waals surface area (Å²) >= 11 is 0. The molecule has 4 heterocycles. The minimum Gasteiger partial charge on any atom is -0.340 e. The lowest BCUT2D eigenvalue weighted by Crippen LogP contribution is -2.31. The topological polar surface area (TPSA) is 66.3 Å². The molecule has 1 aliphatic heterocycles. The number of benzene rings is 1. The maximum atomic E-state index is 12.9. The van der Waals surface area contributed by atoms with E-state index in [0.29, 0.717) is 12.8 Å². The number of fused-ring (bicyclic) bond motifs is 2. The molecule has 5 rings (SSSR count). The molecule has 28 heavy (non-hydrogen) atoms. The lowest BCUT2D eigenvalue weighted by molar-refractivity contribution is -0.132. The van der Waals surface area contributed by atoms with Gasteiger partial charge in [0.2, 0.25) is 5.91 Å². The molecule has 3 aromatic heterocycles. The van der Waals surface area contributed by atoms with Crippen LogP contribution in [-0.4, -0.2) is 36.7 Å². The fraction of sp³-hybridized carbons (Fsp3) is 0.318. The molecule has 1 amide bonds. The van der Waals surface area contributed by atoms with Crippen LogP contribution in [0.2, 0.25) is 0 Å². The van der Waals surface area contributed by atoms with Gasteiger partial charge in [0.25, 0.3) is 0 Å². The Morgan fingerprint density at radius 2 is 2.18 bits per heavy atom. The zero-order valence-corrected chi connectivity index (χ0v) is 15.9. The molecule has 0 radical (unpaired) electrons. The first-order valence-corrected chi connectivity index (χ1v) is 9.86. The van der Waals surface area contributed by atoms with Gasteiger partial charge >= 0.3 is 0 Å². The average molecular weight is 373 g/mol. The summed E-state index contributed by atoms with van der Waals surface area (Å²) in [6.45, 7) is 2.87. The summed E-state index contributed by atoms with van der Waals surface area (Å²) < 4.78 is 1.99. The normalized spacial score (nSPS) is 17.0. The molecule has 0 aliphatic carbocycles. The van der Waals surface area contributed by atoms with E-state index in [2.05, 4.69) is 29.0 Å². The molecular weight excluding hydrogens is 350 g/mol. The highest BCUT2D eigenvalue weighted by Crippen LogP contribution is 2.32. The quantitative estimate of drug-likeness (QED) is 0.591. The molecule has 0 spiro atoms. The lowest BCUT2D eigenvalue weighted by Gasteiger charge is -2.23. The van der Waals surface area contributed by atoms with E-state index in [4.69, 9.17) is 4.98 Å². The number of nitrogens with zero attached hydrogens (tertiary/aromatic N) is 4. The highest BCUT2D eigenvalue weighted by atomic mass is 16.2. The molecule has 0 unspecified atom stereocenters. The van der Waals surface area contributed by atoms with E-state index in [0.717, 1.165) is 47.6 Å². The highest BCUT2D eigenvalue weighted by Gasteiger charge is 2.31. The van der Waals surface area contributed by atoms with Crippen LogP contribution in [0.5, 0.6) is 0 Å². The van der Waals surface area contributed by atoms with Crippen molar-refractivity contribution in [1.82, 2.24) is 24.3 Å². The first-order valence-electron chi connectivity index (χ1n) is 9.86. The zero-order valence-electron chi connectivity index (χ0n) is 15.9. The number of hydrogen-bond acceptors (Lipinski definition) is 3. The van der Waals surface area contributed by atoms with E-state index < -0.39 is 0 Å². The lowest BCUT2D eigenvalue weighted by atomic mass is 10.2. The third-order valence-electron chi connectivity index (χ3n) is 5.55. The number of H-pyrrole nitrogens is 1. The molecule has 1 saturated heterocycles. The number of aromatic nitrogens is 4. The van der Waals surface area contributed by atoms with Crippen LogP contribution in [0.3, 0.4) is 0 Å². The number of aromatic amines is 1. The number of imidazole rings is 2. The first-order chi connectivity index (χ1) is 13.7. The number of amides is 1. The van der Waals surface area contributed by atoms with Crippen LogP contribution < -0.4 is 0 Å². The Bertz CT molecular complexity index is 1130. The fourth-order valence-electron chi connectivity index (χ4n) is 4.14. The number of pyridine rings is 1. The van der Waals surface area contributed by atoms with Crippen LogP contribution in [-0.2, 0) is 11.2 Å². The van der Waals surface area contributed by atoms with Gasteiger partial charge in [-0.25, -0.2) is 9.97 Å². The van der Waals surface area contributed by atoms with Crippen molar-refractivity contribution in [2.45, 2.75) is 38.6 Å². The van der Waals surface area contributed by atoms with Crippen LogP contribution in [0.15, 0.2) is 48.8 Å². The van der Waals surface area contributed by atoms with Crippen molar-refractivity contribution in [3.8, 4) is 0 Å². The Morgan fingerprint density at radius 1 is 1.25 bits per heavy atom. The third kappa shape index (κ3) is 3.05. The van der Waals surface area contributed by atoms with Gasteiger partial charge in [0.1, 0.15) is 11.5 Å². The van der Waals surface area contributed by atoms with Crippen LogP contribution in [0, 0.1) is 6.92 Å². The van der Waals surface area contributed by atoms with Gasteiger partial charge in [0, 0.05) is 25.4 Å². The average Bonchev–Trinajstić information content (AvgIpc) is 3.41. The van der Waals surface area contributed by atoms with E-state index in [1.807, 2.05) is 46.0 Å². The molecule has 1 aromatic carbocycles. The molecule has 0 bridgehead atoms. The standard InChI is InChI=1S/C22H23N5O/c1-15-7-9-17-18(13-15)25-22(24-17)19-5-4-12-27(19)21(28)10-8-16-14-26-11-3-2-6-20(26)23-16/h2-3,6-7,9,11,13-14,19H,4-5,8,10,12H2,1H3,(H,24,25)/t19-/m0/s1. The van der Waals surface area contributed by atoms with E-state index in [-0.39, 0.29) is 11.9 Å². The summed E-state index contributed by atoms with van der Waals surface area (Å²) in [7, 11) is 0. The van der Waals surface area contributed by atoms with Gasteiger partial charge in [0.05, 0.1) is 22.8 Å². The summed E-state index contributed by atoms with van der Waals surface area (Å²) in [5.41, 5.74) is 5.08. The van der Waals surface area contributed by atoms with Crippen LogP contribution in [0.1, 0.15) is 42.4 Å². The largest absolute Gasteiger partial charge is 0.340 e. The predicted molar refractivity (Wildman–Crippen MR) is 108 cm³/mol. The minimum atomic E-state index is 0.0428. The van der Waals surface area contributed by atoms with Crippen molar-refractivity contribution < 1.29 is 4.79 Å². The van der Waals surface area contributed by atoms with Gasteiger partial charge in [-0.3, -0.25) is 4.79 Å². The zero-order chi connectivity index (χ0) is 19.1. The second-order valence-corrected chi connectivity index (χ2v) is 7.59. The second kappa shape index (κ2) is 6.78. The molecule has 6 heteroatoms. The molecule has 1 atom stereocenters. The fourth-order valence-corrected chi connectivity index (χ4v) is 4.14. The second-order valence-electron chi connectivity index (χ2n) is 7.59. The number of hydrogen-bond donors (Lipinski definition) is 1. The molecule has 6 nitrogen and oxygen atoms in total. The van der Waals surface area contributed by atoms with Gasteiger partial charge < -0.3 is 14.3 Å². The number of aryl methyl sites for hydroxylation is 2. The van der Waals surface area contributed by atoms with Gasteiger partial charge in [-0.2, -0.15) is 0 Å². The number of likely N-dealkylation sites (tertiary alicyclic amines) is 1. The monoisotopic (exact) mass is 373 g/mol. The molecule has 142 valence electrons. The highest BCUT2D eigenvalue weighted by molar-refractivity contribution is 5.78. The minimum absolute atomic E-state index is 0.0428. The van der Waals surface area contributed by atoms with E-state index >= 15 is 0 Å². The number of carbonyl (C=O) groups is 1. The van der Waals surface area contributed by atoms with Crippen molar-refractivity contribution in [2.75, 3.05) is 6.54 Å². The van der Waals surface area contributed by atoms with Crippen LogP contribution >= 0.6 is 0 Å². The summed E-state index contributed by atoms with van der Waals surface area (Å²) in [6.07, 6.45) is 7.08. The summed E-state index contributed by atoms with van der Waals surface area (Å²) in [5, 5.41) is 0. The van der Waals surface area contributed by atoms with Gasteiger partial charge in [-0.1, -0.05) is 12.1 Å². The number of rotatable bonds is 4. The third-order valence-corrected chi connectivity index (χ3v) is 5.55. The Kier molecular flexibility index (Phi) is 4.11. The molecule has 4 aromatic rings. The van der Waals surface area contributed by atoms with E-state index in [9.17, 15) is 4.79 Å². The first kappa shape index (κ1) is 17.0. The number of nitrogens with one attached hydrogen (secondary N) is 1. The van der Waals surface area contributed by atoms with Crippen LogP contribution in [0.25, 0.3) is 16.7 Å². The molecule has 1 fully saturated rings. The Balaban J connectivity index is 1.31. The predicted octanol–water partition coefficient (Wildman–Crippen LogP) is 3.82. The Hall–Kier alpha value is -3.15. The van der Waals surface area contributed by atoms with Crippen molar-refractivity contribution in [3.05, 3.63) is 65.9 Å². The maximum absolute atomic E-state index is 12.9. The smallest absolute Gasteiger partial charge is 0.223 e. The molecule has 1 aliphatic rings. The molecular formula is C22H23N5O. The maximum Gasteiger partial charge on any atom is 0.223 e. The van der Waals surface area contributed by atoms with E-state index in [1.54, 1.807) is 0 Å². The van der Waals surface area contributed by atoms with Crippen molar-refractivity contribution >= 4 is 22.6 Å². The molecule has 0 saturated carbocycles. The SMILES string of the molecule is Cc1ccc2nc([C@@H]3CCCN3C(=O)CCc3cn4ccccc4n3)[nH]c2c1. The van der Waals surface area contributed by atoms with Crippen molar-refractivity contribution in [1.29, 1.82) is 0 Å². The summed E-state index contributed by atoms with van der Waals surface area (Å²) in [4.78, 5) is 27.7. The number of carbonyl (C=O) groups excluding carboxylic acids is 1. The van der Waals surface area contributed by atoms with Crippen molar-refractivity contribution in [3.63, 3.8) is 0 Å². The van der Waals surface area contributed by atoms with Gasteiger partial charge in [-0.15, -0.1) is 0 Å². The van der Waals surface area contributed by atoms with E-state index in [1.165, 1.54) is 5.56 Å².